The van der Waals surface area contributed by atoms with Gasteiger partial charge in [-0.05, 0) is 38.7 Å². The van der Waals surface area contributed by atoms with Gasteiger partial charge in [-0.2, -0.15) is 0 Å². The molecule has 0 unspecified atom stereocenters. The molecule has 2 aromatic rings. The van der Waals surface area contributed by atoms with Gasteiger partial charge >= 0.3 is 0 Å². The summed E-state index contributed by atoms with van der Waals surface area (Å²) in [5.41, 5.74) is 1.04. The Labute approximate surface area is 121 Å². The Morgan fingerprint density at radius 3 is 2.74 bits per heavy atom. The highest BCUT2D eigenvalue weighted by molar-refractivity contribution is 9.10. The van der Waals surface area contributed by atoms with E-state index in [0.717, 1.165) is 15.9 Å². The van der Waals surface area contributed by atoms with Gasteiger partial charge in [-0.15, -0.1) is 0 Å². The molecule has 1 heterocycles. The van der Waals surface area contributed by atoms with E-state index in [-0.39, 0.29) is 6.04 Å². The molecule has 3 rings (SSSR count). The minimum atomic E-state index is 0.272. The summed E-state index contributed by atoms with van der Waals surface area (Å²) < 4.78 is 6.83. The average Bonchev–Trinajstić information content (AvgIpc) is 2.89. The van der Waals surface area contributed by atoms with Crippen molar-refractivity contribution < 1.29 is 4.74 Å². The molecule has 0 aromatic heterocycles. The molecule has 0 radical (unpaired) electrons. The SMILES string of the molecule is CC(C)[C@H]1COC(c2ccc3ccccc3c2Br)=N1. The van der Waals surface area contributed by atoms with Gasteiger partial charge in [0.25, 0.3) is 0 Å². The molecule has 0 saturated heterocycles. The molecule has 0 spiro atoms. The first-order valence-electron chi connectivity index (χ1n) is 6.55. The van der Waals surface area contributed by atoms with Gasteiger partial charge in [-0.25, -0.2) is 4.99 Å². The summed E-state index contributed by atoms with van der Waals surface area (Å²) >= 11 is 3.69. The molecule has 98 valence electrons. The average molecular weight is 318 g/mol. The highest BCUT2D eigenvalue weighted by atomic mass is 79.9. The van der Waals surface area contributed by atoms with E-state index in [2.05, 4.69) is 59.0 Å². The molecular weight excluding hydrogens is 302 g/mol. The Hall–Kier alpha value is -1.35. The topological polar surface area (TPSA) is 21.6 Å². The van der Waals surface area contributed by atoms with Crippen molar-refractivity contribution in [2.75, 3.05) is 6.61 Å². The molecule has 0 aliphatic carbocycles. The predicted octanol–water partition coefficient (Wildman–Crippen LogP) is 4.40. The van der Waals surface area contributed by atoms with Crippen LogP contribution < -0.4 is 0 Å². The highest BCUT2D eigenvalue weighted by Gasteiger charge is 2.24. The first-order valence-corrected chi connectivity index (χ1v) is 7.34. The third-order valence-electron chi connectivity index (χ3n) is 3.54. The molecule has 1 aliphatic rings. The Kier molecular flexibility index (Phi) is 3.31. The van der Waals surface area contributed by atoms with Gasteiger partial charge < -0.3 is 4.74 Å². The molecule has 0 fully saturated rings. The molecule has 0 amide bonds. The van der Waals surface area contributed by atoms with Crippen LogP contribution >= 0.6 is 15.9 Å². The smallest absolute Gasteiger partial charge is 0.217 e. The maximum absolute atomic E-state index is 5.76. The quantitative estimate of drug-likeness (QED) is 0.804. The maximum Gasteiger partial charge on any atom is 0.217 e. The van der Waals surface area contributed by atoms with Crippen molar-refractivity contribution in [2.24, 2.45) is 10.9 Å². The Bertz CT molecular complexity index is 648. The van der Waals surface area contributed by atoms with E-state index in [1.54, 1.807) is 0 Å². The van der Waals surface area contributed by atoms with Gasteiger partial charge in [-0.1, -0.05) is 44.2 Å². The molecule has 3 heteroatoms. The van der Waals surface area contributed by atoms with Crippen molar-refractivity contribution in [2.45, 2.75) is 19.9 Å². The number of halogens is 1. The van der Waals surface area contributed by atoms with Crippen LogP contribution in [-0.4, -0.2) is 18.5 Å². The molecule has 1 atom stereocenters. The minimum absolute atomic E-state index is 0.272. The third-order valence-corrected chi connectivity index (χ3v) is 4.39. The normalized spacial score (nSPS) is 18.7. The van der Waals surface area contributed by atoms with Crippen molar-refractivity contribution in [3.05, 3.63) is 46.4 Å². The van der Waals surface area contributed by atoms with Crippen LogP contribution in [0.1, 0.15) is 19.4 Å². The molecule has 2 nitrogen and oxygen atoms in total. The van der Waals surface area contributed by atoms with Crippen LogP contribution in [0, 0.1) is 5.92 Å². The van der Waals surface area contributed by atoms with E-state index >= 15 is 0 Å². The van der Waals surface area contributed by atoms with Crippen LogP contribution in [0.4, 0.5) is 0 Å². The summed E-state index contributed by atoms with van der Waals surface area (Å²) in [5.74, 6) is 1.27. The second-order valence-electron chi connectivity index (χ2n) is 5.20. The fourth-order valence-corrected chi connectivity index (χ4v) is 2.94. The van der Waals surface area contributed by atoms with Gasteiger partial charge in [-0.3, -0.25) is 0 Å². The Morgan fingerprint density at radius 1 is 1.21 bits per heavy atom. The lowest BCUT2D eigenvalue weighted by Crippen LogP contribution is -2.13. The zero-order valence-electron chi connectivity index (χ0n) is 11.1. The zero-order chi connectivity index (χ0) is 13.4. The monoisotopic (exact) mass is 317 g/mol. The van der Waals surface area contributed by atoms with Crippen LogP contribution in [0.3, 0.4) is 0 Å². The number of benzene rings is 2. The van der Waals surface area contributed by atoms with E-state index in [1.165, 1.54) is 10.8 Å². The highest BCUT2D eigenvalue weighted by Crippen LogP contribution is 2.30. The molecule has 2 aromatic carbocycles. The maximum atomic E-state index is 5.76. The van der Waals surface area contributed by atoms with Crippen molar-refractivity contribution in [1.82, 2.24) is 0 Å². The van der Waals surface area contributed by atoms with Gasteiger partial charge in [0.1, 0.15) is 6.61 Å². The lowest BCUT2D eigenvalue weighted by Gasteiger charge is -2.07. The van der Waals surface area contributed by atoms with Crippen LogP contribution in [0.2, 0.25) is 0 Å². The van der Waals surface area contributed by atoms with E-state index < -0.39 is 0 Å². The number of hydrogen-bond donors (Lipinski definition) is 0. The number of nitrogens with zero attached hydrogens (tertiary/aromatic N) is 1. The Morgan fingerprint density at radius 2 is 2.00 bits per heavy atom. The Balaban J connectivity index is 2.07. The van der Waals surface area contributed by atoms with Crippen molar-refractivity contribution in [3.63, 3.8) is 0 Å². The lowest BCUT2D eigenvalue weighted by molar-refractivity contribution is 0.292. The summed E-state index contributed by atoms with van der Waals surface area (Å²) in [5, 5.41) is 2.41. The first-order chi connectivity index (χ1) is 9.16. The summed E-state index contributed by atoms with van der Waals surface area (Å²) in [6, 6.07) is 12.8. The van der Waals surface area contributed by atoms with Gasteiger partial charge in [0.2, 0.25) is 5.90 Å². The van der Waals surface area contributed by atoms with Crippen LogP contribution in [0.5, 0.6) is 0 Å². The van der Waals surface area contributed by atoms with E-state index in [9.17, 15) is 0 Å². The minimum Gasteiger partial charge on any atom is -0.475 e. The fourth-order valence-electron chi connectivity index (χ4n) is 2.28. The molecule has 0 saturated carbocycles. The second-order valence-corrected chi connectivity index (χ2v) is 6.00. The zero-order valence-corrected chi connectivity index (χ0v) is 12.6. The summed E-state index contributed by atoms with van der Waals surface area (Å²) in [6.45, 7) is 5.04. The number of ether oxygens (including phenoxy) is 1. The summed E-state index contributed by atoms with van der Waals surface area (Å²) in [4.78, 5) is 4.69. The number of rotatable bonds is 2. The summed E-state index contributed by atoms with van der Waals surface area (Å²) in [6.07, 6.45) is 0. The van der Waals surface area contributed by atoms with Crippen LogP contribution in [0.25, 0.3) is 10.8 Å². The van der Waals surface area contributed by atoms with Crippen LogP contribution in [-0.2, 0) is 4.74 Å². The van der Waals surface area contributed by atoms with Crippen LogP contribution in [0.15, 0.2) is 45.9 Å². The number of hydrogen-bond acceptors (Lipinski definition) is 2. The van der Waals surface area contributed by atoms with Gasteiger partial charge in [0.15, 0.2) is 0 Å². The molecule has 0 N–H and O–H groups in total. The molecule has 0 bridgehead atoms. The van der Waals surface area contributed by atoms with E-state index in [1.807, 2.05) is 12.1 Å². The van der Waals surface area contributed by atoms with Crippen molar-refractivity contribution in [3.8, 4) is 0 Å². The van der Waals surface area contributed by atoms with E-state index in [0.29, 0.717) is 12.5 Å². The van der Waals surface area contributed by atoms with Crippen molar-refractivity contribution in [1.29, 1.82) is 0 Å². The van der Waals surface area contributed by atoms with Crippen molar-refractivity contribution >= 4 is 32.6 Å². The van der Waals surface area contributed by atoms with Gasteiger partial charge in [0.05, 0.1) is 11.6 Å². The molecule has 1 aliphatic heterocycles. The third kappa shape index (κ3) is 2.27. The molecule has 19 heavy (non-hydrogen) atoms. The number of aliphatic imine (C=N–C) groups is 1. The fraction of sp³-hybridized carbons (Fsp3) is 0.312. The first kappa shape index (κ1) is 12.7. The lowest BCUT2D eigenvalue weighted by atomic mass is 10.1. The second kappa shape index (κ2) is 4.97. The number of fused-ring (bicyclic) bond motifs is 1. The predicted molar refractivity (Wildman–Crippen MR) is 82.8 cm³/mol. The van der Waals surface area contributed by atoms with Gasteiger partial charge in [0, 0.05) is 4.47 Å². The largest absolute Gasteiger partial charge is 0.475 e. The van der Waals surface area contributed by atoms with E-state index in [4.69, 9.17) is 4.74 Å². The molecular formula is C16H16BrNO. The summed E-state index contributed by atoms with van der Waals surface area (Å²) in [7, 11) is 0. The standard InChI is InChI=1S/C16H16BrNO/c1-10(2)14-9-19-16(18-14)13-8-7-11-5-3-4-6-12(11)15(13)17/h3-8,10,14H,9H2,1-2H3/t14-/m1/s1.